The second-order valence-electron chi connectivity index (χ2n) is 19.8. The lowest BCUT2D eigenvalue weighted by atomic mass is 9.63. The van der Waals surface area contributed by atoms with Crippen LogP contribution in [0.2, 0.25) is 0 Å². The zero-order valence-corrected chi connectivity index (χ0v) is 35.5. The molecule has 54 heavy (non-hydrogen) atoms. The smallest absolute Gasteiger partial charge is 0.311 e. The van der Waals surface area contributed by atoms with Gasteiger partial charge in [0.1, 0.15) is 30.5 Å². The van der Waals surface area contributed by atoms with Crippen molar-refractivity contribution in [2.75, 3.05) is 6.61 Å². The normalized spacial score (nSPS) is 31.4. The quantitative estimate of drug-likeness (QED) is 0.125. The molecule has 2 heterocycles. The predicted octanol–water partition coefficient (Wildman–Crippen LogP) is 5.86. The summed E-state index contributed by atoms with van der Waals surface area (Å²) < 4.78 is 48.5. The third kappa shape index (κ3) is 10.3. The van der Waals surface area contributed by atoms with Gasteiger partial charge in [-0.05, 0) is 103 Å². The highest BCUT2D eigenvalue weighted by atomic mass is 16.7. The van der Waals surface area contributed by atoms with Gasteiger partial charge in [0.15, 0.2) is 23.9 Å². The van der Waals surface area contributed by atoms with E-state index in [1.807, 2.05) is 20.8 Å². The average Bonchev–Trinajstić information content (AvgIpc) is 3.60. The van der Waals surface area contributed by atoms with Crippen molar-refractivity contribution in [3.05, 3.63) is 0 Å². The molecule has 13 nitrogen and oxygen atoms in total. The van der Waals surface area contributed by atoms with Gasteiger partial charge < -0.3 is 37.9 Å². The molecule has 13 heteroatoms. The minimum atomic E-state index is -1.45. The fraction of sp³-hybridized carbons (Fsp3) is 0.829. The zero-order valence-electron chi connectivity index (χ0n) is 35.5. The second kappa shape index (κ2) is 15.4. The summed E-state index contributed by atoms with van der Waals surface area (Å²) >= 11 is 0. The van der Waals surface area contributed by atoms with Gasteiger partial charge >= 0.3 is 29.8 Å². The Morgan fingerprint density at radius 1 is 0.685 bits per heavy atom. The number of carbonyl (C=O) groups is 5. The molecular weight excluding hydrogens is 700 g/mol. The number of rotatable bonds is 8. The van der Waals surface area contributed by atoms with Crippen LogP contribution in [0.5, 0.6) is 0 Å². The van der Waals surface area contributed by atoms with Crippen molar-refractivity contribution >= 4 is 29.8 Å². The van der Waals surface area contributed by atoms with Crippen LogP contribution < -0.4 is 0 Å². The number of esters is 5. The van der Waals surface area contributed by atoms with E-state index < -0.39 is 106 Å². The summed E-state index contributed by atoms with van der Waals surface area (Å²) in [6, 6.07) is 0. The molecule has 0 bridgehead atoms. The van der Waals surface area contributed by atoms with E-state index in [2.05, 4.69) is 11.8 Å². The molecule has 9 atom stereocenters. The fourth-order valence-corrected chi connectivity index (χ4v) is 6.45. The van der Waals surface area contributed by atoms with Gasteiger partial charge in [-0.2, -0.15) is 0 Å². The number of carbonyl (C=O) groups excluding carboxylic acids is 5. The van der Waals surface area contributed by atoms with Gasteiger partial charge in [-0.25, -0.2) is 0 Å². The van der Waals surface area contributed by atoms with Crippen molar-refractivity contribution in [3.63, 3.8) is 0 Å². The number of hydrogen-bond acceptors (Lipinski definition) is 13. The largest absolute Gasteiger partial charge is 0.462 e. The Kier molecular flexibility index (Phi) is 12.9. The van der Waals surface area contributed by atoms with Crippen LogP contribution in [-0.4, -0.2) is 90.6 Å². The Morgan fingerprint density at radius 2 is 1.15 bits per heavy atom. The molecule has 0 unspecified atom stereocenters. The molecule has 2 aliphatic heterocycles. The van der Waals surface area contributed by atoms with Crippen molar-refractivity contribution in [1.82, 2.24) is 0 Å². The first-order chi connectivity index (χ1) is 24.2. The zero-order chi connectivity index (χ0) is 41.6. The second-order valence-corrected chi connectivity index (χ2v) is 19.8. The molecule has 0 aromatic carbocycles. The van der Waals surface area contributed by atoms with Crippen LogP contribution in [0.4, 0.5) is 0 Å². The highest BCUT2D eigenvalue weighted by molar-refractivity contribution is 5.78. The molecule has 0 radical (unpaired) electrons. The predicted molar refractivity (Wildman–Crippen MR) is 196 cm³/mol. The molecule has 2 saturated heterocycles. The molecule has 1 saturated carbocycles. The van der Waals surface area contributed by atoms with Crippen molar-refractivity contribution in [1.29, 1.82) is 0 Å². The van der Waals surface area contributed by atoms with Gasteiger partial charge in [-0.3, -0.25) is 24.0 Å². The molecule has 3 rings (SSSR count). The molecule has 1 aliphatic carbocycles. The lowest BCUT2D eigenvalue weighted by molar-refractivity contribution is -0.315. The van der Waals surface area contributed by atoms with E-state index in [0.29, 0.717) is 12.8 Å². The van der Waals surface area contributed by atoms with E-state index >= 15 is 0 Å². The third-order valence-corrected chi connectivity index (χ3v) is 9.66. The van der Waals surface area contributed by atoms with Crippen LogP contribution >= 0.6 is 0 Å². The first kappa shape index (κ1) is 45.2. The van der Waals surface area contributed by atoms with Crippen molar-refractivity contribution in [2.45, 2.75) is 185 Å². The average molecular weight is 765 g/mol. The van der Waals surface area contributed by atoms with Gasteiger partial charge in [0.25, 0.3) is 0 Å². The first-order valence-corrected chi connectivity index (χ1v) is 18.8. The Hall–Kier alpha value is -3.21. The standard InChI is InChI=1S/C41H64O13/c1-23(18-19-41-39(15,16)20-25(49-24(2)42)21-40(41,17)54-41)48-30-29(53-34(46)38(12,13)14)28(52-33(45)37(9,10)11)27(51-32(44)36(6,7)8)26(50-30)22-47-31(43)35(3,4)5/h23,25-30H,20-22H2,1-17H3/t23-,25+,26-,27-,28+,29-,30-,40+,41-/m1/s1. The first-order valence-electron chi connectivity index (χ1n) is 18.8. The lowest BCUT2D eigenvalue weighted by Crippen LogP contribution is -2.64. The van der Waals surface area contributed by atoms with Crippen LogP contribution in [0, 0.1) is 38.9 Å². The maximum Gasteiger partial charge on any atom is 0.311 e. The van der Waals surface area contributed by atoms with E-state index in [4.69, 9.17) is 37.9 Å². The van der Waals surface area contributed by atoms with Gasteiger partial charge in [-0.15, -0.1) is 0 Å². The molecular formula is C41H64O13. The Morgan fingerprint density at radius 3 is 1.59 bits per heavy atom. The number of fused-ring (bicyclic) bond motifs is 1. The van der Waals surface area contributed by atoms with Crippen LogP contribution in [-0.2, 0) is 61.9 Å². The molecule has 306 valence electrons. The van der Waals surface area contributed by atoms with Crippen molar-refractivity contribution < 1.29 is 61.9 Å². The maximum absolute atomic E-state index is 13.6. The van der Waals surface area contributed by atoms with Crippen molar-refractivity contribution in [2.24, 2.45) is 27.1 Å². The minimum absolute atomic E-state index is 0.320. The summed E-state index contributed by atoms with van der Waals surface area (Å²) in [4.78, 5) is 65.3. The molecule has 3 fully saturated rings. The number of epoxide rings is 1. The molecule has 0 aromatic heterocycles. The molecule has 0 spiro atoms. The van der Waals surface area contributed by atoms with Gasteiger partial charge in [-0.1, -0.05) is 25.7 Å². The van der Waals surface area contributed by atoms with E-state index in [1.54, 1.807) is 90.0 Å². The monoisotopic (exact) mass is 764 g/mol. The Bertz CT molecular complexity index is 1510. The van der Waals surface area contributed by atoms with Crippen LogP contribution in [0.1, 0.15) is 131 Å². The van der Waals surface area contributed by atoms with Gasteiger partial charge in [0, 0.05) is 18.8 Å². The van der Waals surface area contributed by atoms with E-state index in [1.165, 1.54) is 6.92 Å². The van der Waals surface area contributed by atoms with Gasteiger partial charge in [0.05, 0.1) is 21.7 Å². The maximum atomic E-state index is 13.6. The number of ether oxygens (including phenoxy) is 8. The van der Waals surface area contributed by atoms with Crippen LogP contribution in [0.15, 0.2) is 0 Å². The van der Waals surface area contributed by atoms with E-state index in [9.17, 15) is 24.0 Å². The Labute approximate surface area is 321 Å². The number of hydrogen-bond donors (Lipinski definition) is 0. The van der Waals surface area contributed by atoms with Crippen LogP contribution in [0.3, 0.4) is 0 Å². The SMILES string of the molecule is CC(=O)O[C@H]1CC(C)(C)[C@@]2(C#C[C@@H](C)O[C@@H]3O[C@H](COC(=O)C(C)(C)C)[C@@H](OC(=O)C(C)(C)C)[C@H](OC(=O)C(C)(C)C)[C@H]3OC(=O)C(C)(C)C)O[C@@]2(C)C1. The highest BCUT2D eigenvalue weighted by Gasteiger charge is 2.76. The van der Waals surface area contributed by atoms with Crippen molar-refractivity contribution in [3.8, 4) is 11.8 Å². The third-order valence-electron chi connectivity index (χ3n) is 9.66. The summed E-state index contributed by atoms with van der Waals surface area (Å²) in [6.45, 7) is 28.6. The summed E-state index contributed by atoms with van der Waals surface area (Å²) in [7, 11) is 0. The highest BCUT2D eigenvalue weighted by Crippen LogP contribution is 2.65. The molecule has 0 aromatic rings. The topological polar surface area (TPSA) is 162 Å². The van der Waals surface area contributed by atoms with E-state index in [0.717, 1.165) is 0 Å². The van der Waals surface area contributed by atoms with E-state index in [-0.39, 0.29) is 12.1 Å². The summed E-state index contributed by atoms with van der Waals surface area (Å²) in [5.41, 5.74) is -5.93. The summed E-state index contributed by atoms with van der Waals surface area (Å²) in [6.07, 6.45) is -7.12. The minimum Gasteiger partial charge on any atom is -0.462 e. The van der Waals surface area contributed by atoms with Gasteiger partial charge in [0.2, 0.25) is 6.29 Å². The molecule has 3 aliphatic rings. The summed E-state index contributed by atoms with van der Waals surface area (Å²) in [5.74, 6) is 3.56. The lowest BCUT2D eigenvalue weighted by Gasteiger charge is -2.46. The summed E-state index contributed by atoms with van der Waals surface area (Å²) in [5, 5.41) is 0. The molecule has 0 amide bonds. The molecule has 0 N–H and O–H groups in total. The Balaban J connectivity index is 2.10. The fourth-order valence-electron chi connectivity index (χ4n) is 6.45. The van der Waals surface area contributed by atoms with Crippen LogP contribution in [0.25, 0.3) is 0 Å².